The van der Waals surface area contributed by atoms with Crippen LogP contribution in [0, 0.1) is 17.8 Å². The molecule has 1 aromatic carbocycles. The summed E-state index contributed by atoms with van der Waals surface area (Å²) in [4.78, 5) is 0. The number of aliphatic hydroxyl groups is 1. The Labute approximate surface area is 95.1 Å². The number of rotatable bonds is 1. The van der Waals surface area contributed by atoms with Gasteiger partial charge >= 0.3 is 0 Å². The molecule has 2 rings (SSSR count). The van der Waals surface area contributed by atoms with Crippen molar-refractivity contribution in [2.24, 2.45) is 5.92 Å². The van der Waals surface area contributed by atoms with Crippen LogP contribution in [0.2, 0.25) is 5.02 Å². The van der Waals surface area contributed by atoms with Crippen molar-refractivity contribution in [1.82, 2.24) is 0 Å². The third kappa shape index (κ3) is 2.75. The molecule has 1 N–H and O–H groups in total. The van der Waals surface area contributed by atoms with Gasteiger partial charge in [0, 0.05) is 10.9 Å². The highest BCUT2D eigenvalue weighted by atomic mass is 35.5. The van der Waals surface area contributed by atoms with E-state index in [0.29, 0.717) is 10.9 Å². The normalized spacial score (nSPS) is 18.9. The standard InChI is InChI=1S/C13H13ClO/c1-13(15,8-7-10-5-6-10)11-3-2-4-12(14)9-11/h2-4,9-10,15H,5-6H2,1H3. The molecule has 1 atom stereocenters. The molecule has 1 aromatic rings. The maximum Gasteiger partial charge on any atom is 0.148 e. The summed E-state index contributed by atoms with van der Waals surface area (Å²) in [5.74, 6) is 6.48. The Balaban J connectivity index is 2.24. The van der Waals surface area contributed by atoms with Crippen molar-refractivity contribution in [3.63, 3.8) is 0 Å². The Morgan fingerprint density at radius 1 is 1.47 bits per heavy atom. The zero-order chi connectivity index (χ0) is 10.9. The van der Waals surface area contributed by atoms with Crippen LogP contribution in [0.3, 0.4) is 0 Å². The lowest BCUT2D eigenvalue weighted by Crippen LogP contribution is -2.18. The Kier molecular flexibility index (Phi) is 2.73. The van der Waals surface area contributed by atoms with Crippen molar-refractivity contribution >= 4 is 11.6 Å². The molecule has 1 aliphatic rings. The Morgan fingerprint density at radius 3 is 2.80 bits per heavy atom. The molecule has 1 aliphatic carbocycles. The van der Waals surface area contributed by atoms with E-state index >= 15 is 0 Å². The second-order valence-electron chi connectivity index (χ2n) is 4.13. The van der Waals surface area contributed by atoms with Gasteiger partial charge in [-0.25, -0.2) is 0 Å². The summed E-state index contributed by atoms with van der Waals surface area (Å²) >= 11 is 5.87. The zero-order valence-electron chi connectivity index (χ0n) is 8.63. The Bertz CT molecular complexity index is 422. The van der Waals surface area contributed by atoms with E-state index in [9.17, 15) is 5.11 Å². The predicted octanol–water partition coefficient (Wildman–Crippen LogP) is 2.96. The van der Waals surface area contributed by atoms with Crippen molar-refractivity contribution in [2.45, 2.75) is 25.4 Å². The first kappa shape index (κ1) is 10.5. The first-order chi connectivity index (χ1) is 7.08. The van der Waals surface area contributed by atoms with E-state index in [1.165, 1.54) is 12.8 Å². The highest BCUT2D eigenvalue weighted by Gasteiger charge is 2.23. The second-order valence-corrected chi connectivity index (χ2v) is 4.56. The van der Waals surface area contributed by atoms with Crippen LogP contribution < -0.4 is 0 Å². The van der Waals surface area contributed by atoms with Crippen molar-refractivity contribution < 1.29 is 5.11 Å². The van der Waals surface area contributed by atoms with Gasteiger partial charge in [0.1, 0.15) is 5.60 Å². The average Bonchev–Trinajstić information content (AvgIpc) is 2.98. The molecule has 1 fully saturated rings. The van der Waals surface area contributed by atoms with Crippen LogP contribution in [0.4, 0.5) is 0 Å². The van der Waals surface area contributed by atoms with Gasteiger partial charge in [-0.15, -0.1) is 0 Å². The van der Waals surface area contributed by atoms with Crippen molar-refractivity contribution in [3.8, 4) is 11.8 Å². The van der Waals surface area contributed by atoms with Crippen molar-refractivity contribution in [1.29, 1.82) is 0 Å². The van der Waals surface area contributed by atoms with Crippen LogP contribution in [0.5, 0.6) is 0 Å². The van der Waals surface area contributed by atoms with Gasteiger partial charge in [0.2, 0.25) is 0 Å². The summed E-state index contributed by atoms with van der Waals surface area (Å²) in [5, 5.41) is 10.8. The van der Waals surface area contributed by atoms with E-state index in [-0.39, 0.29) is 0 Å². The summed E-state index contributed by atoms with van der Waals surface area (Å²) in [7, 11) is 0. The van der Waals surface area contributed by atoms with Crippen LogP contribution in [-0.2, 0) is 5.60 Å². The molecule has 0 spiro atoms. The number of benzene rings is 1. The minimum Gasteiger partial charge on any atom is -0.374 e. The fourth-order valence-electron chi connectivity index (χ4n) is 1.33. The predicted molar refractivity (Wildman–Crippen MR) is 61.5 cm³/mol. The first-order valence-corrected chi connectivity index (χ1v) is 5.47. The molecule has 0 saturated heterocycles. The molecule has 0 aliphatic heterocycles. The first-order valence-electron chi connectivity index (χ1n) is 5.09. The number of hydrogen-bond donors (Lipinski definition) is 1. The smallest absolute Gasteiger partial charge is 0.148 e. The van der Waals surface area contributed by atoms with Crippen LogP contribution >= 0.6 is 11.6 Å². The lowest BCUT2D eigenvalue weighted by molar-refractivity contribution is 0.122. The summed E-state index contributed by atoms with van der Waals surface area (Å²) in [6.07, 6.45) is 2.33. The molecule has 15 heavy (non-hydrogen) atoms. The molecule has 0 amide bonds. The van der Waals surface area contributed by atoms with E-state index in [1.807, 2.05) is 12.1 Å². The largest absolute Gasteiger partial charge is 0.374 e. The summed E-state index contributed by atoms with van der Waals surface area (Å²) in [6, 6.07) is 7.21. The van der Waals surface area contributed by atoms with E-state index in [2.05, 4.69) is 11.8 Å². The van der Waals surface area contributed by atoms with Gasteiger partial charge in [0.15, 0.2) is 0 Å². The van der Waals surface area contributed by atoms with Gasteiger partial charge in [0.25, 0.3) is 0 Å². The van der Waals surface area contributed by atoms with Crippen LogP contribution in [0.1, 0.15) is 25.3 Å². The molecule has 0 bridgehead atoms. The van der Waals surface area contributed by atoms with Gasteiger partial charge in [-0.05, 0) is 37.5 Å². The monoisotopic (exact) mass is 220 g/mol. The highest BCUT2D eigenvalue weighted by Crippen LogP contribution is 2.29. The van der Waals surface area contributed by atoms with E-state index < -0.39 is 5.60 Å². The van der Waals surface area contributed by atoms with Gasteiger partial charge in [-0.2, -0.15) is 0 Å². The summed E-state index contributed by atoms with van der Waals surface area (Å²) < 4.78 is 0. The fraction of sp³-hybridized carbons (Fsp3) is 0.385. The zero-order valence-corrected chi connectivity index (χ0v) is 9.38. The molecule has 0 radical (unpaired) electrons. The highest BCUT2D eigenvalue weighted by molar-refractivity contribution is 6.30. The number of hydrogen-bond acceptors (Lipinski definition) is 1. The van der Waals surface area contributed by atoms with Gasteiger partial charge in [-0.3, -0.25) is 0 Å². The lowest BCUT2D eigenvalue weighted by Gasteiger charge is -2.16. The summed E-state index contributed by atoms with van der Waals surface area (Å²) in [6.45, 7) is 1.70. The molecule has 78 valence electrons. The van der Waals surface area contributed by atoms with Crippen LogP contribution in [0.25, 0.3) is 0 Å². The molecule has 1 unspecified atom stereocenters. The van der Waals surface area contributed by atoms with Gasteiger partial charge in [-0.1, -0.05) is 35.6 Å². The topological polar surface area (TPSA) is 20.2 Å². The van der Waals surface area contributed by atoms with Crippen LogP contribution in [-0.4, -0.2) is 5.11 Å². The molecule has 0 heterocycles. The quantitative estimate of drug-likeness (QED) is 0.722. The molecule has 1 nitrogen and oxygen atoms in total. The molecule has 0 aromatic heterocycles. The van der Waals surface area contributed by atoms with E-state index in [1.54, 1.807) is 19.1 Å². The Morgan fingerprint density at radius 2 is 2.20 bits per heavy atom. The number of halogens is 1. The third-order valence-corrected chi connectivity index (χ3v) is 2.72. The van der Waals surface area contributed by atoms with Gasteiger partial charge < -0.3 is 5.11 Å². The molecular formula is C13H13ClO. The maximum atomic E-state index is 10.2. The third-order valence-electron chi connectivity index (χ3n) is 2.48. The van der Waals surface area contributed by atoms with E-state index in [4.69, 9.17) is 11.6 Å². The maximum absolute atomic E-state index is 10.2. The van der Waals surface area contributed by atoms with Gasteiger partial charge in [0.05, 0.1) is 0 Å². The average molecular weight is 221 g/mol. The second kappa shape index (κ2) is 3.89. The van der Waals surface area contributed by atoms with Crippen LogP contribution in [0.15, 0.2) is 24.3 Å². The van der Waals surface area contributed by atoms with Crippen molar-refractivity contribution in [2.75, 3.05) is 0 Å². The molecular weight excluding hydrogens is 208 g/mol. The molecule has 2 heteroatoms. The summed E-state index contributed by atoms with van der Waals surface area (Å²) in [5.41, 5.74) is -0.337. The Hall–Kier alpha value is -0.970. The fourth-order valence-corrected chi connectivity index (χ4v) is 1.52. The van der Waals surface area contributed by atoms with Crippen molar-refractivity contribution in [3.05, 3.63) is 34.9 Å². The minimum absolute atomic E-state index is 0.496. The SMILES string of the molecule is CC(O)(C#CC1CC1)c1cccc(Cl)c1. The van der Waals surface area contributed by atoms with E-state index in [0.717, 1.165) is 5.56 Å². The minimum atomic E-state index is -1.09. The molecule has 1 saturated carbocycles. The lowest BCUT2D eigenvalue weighted by atomic mass is 9.96.